The van der Waals surface area contributed by atoms with Gasteiger partial charge in [-0.2, -0.15) is 15.1 Å². The van der Waals surface area contributed by atoms with E-state index in [0.29, 0.717) is 11.6 Å². The van der Waals surface area contributed by atoms with E-state index in [-0.39, 0.29) is 5.54 Å². The summed E-state index contributed by atoms with van der Waals surface area (Å²) in [5.74, 6) is 6.48. The van der Waals surface area contributed by atoms with Crippen LogP contribution in [-0.4, -0.2) is 38.9 Å². The zero-order valence-corrected chi connectivity index (χ0v) is 10.7. The molecule has 8 heteroatoms. The fourth-order valence-corrected chi connectivity index (χ4v) is 2.23. The fraction of sp³-hybridized carbons (Fsp3) is 0.545. The molecule has 1 saturated heterocycles. The van der Waals surface area contributed by atoms with Gasteiger partial charge in [0.2, 0.25) is 5.95 Å². The number of nitrogens with zero attached hydrogens (tertiary/aromatic N) is 3. The van der Waals surface area contributed by atoms with Gasteiger partial charge in [0.05, 0.1) is 11.6 Å². The smallest absolute Gasteiger partial charge is 0.241 e. The van der Waals surface area contributed by atoms with Gasteiger partial charge in [0.1, 0.15) is 5.82 Å². The Kier molecular flexibility index (Phi) is 2.96. The van der Waals surface area contributed by atoms with Gasteiger partial charge >= 0.3 is 0 Å². The minimum absolute atomic E-state index is 0.0390. The molecule has 2 aromatic rings. The summed E-state index contributed by atoms with van der Waals surface area (Å²) in [6.45, 7) is 3.68. The predicted octanol–water partition coefficient (Wildman–Crippen LogP) is 0.619. The molecule has 3 rings (SSSR count). The molecule has 5 N–H and O–H groups in total. The van der Waals surface area contributed by atoms with Crippen molar-refractivity contribution in [1.29, 1.82) is 0 Å². The van der Waals surface area contributed by atoms with E-state index in [2.05, 4.69) is 37.8 Å². The van der Waals surface area contributed by atoms with Crippen LogP contribution in [0.5, 0.6) is 0 Å². The maximum atomic E-state index is 5.40. The first kappa shape index (κ1) is 12.1. The van der Waals surface area contributed by atoms with E-state index in [1.165, 1.54) is 0 Å². The van der Waals surface area contributed by atoms with E-state index in [1.807, 2.05) is 0 Å². The van der Waals surface area contributed by atoms with Gasteiger partial charge in [-0.1, -0.05) is 0 Å². The number of hydrogen-bond donors (Lipinski definition) is 4. The number of aromatic amines is 1. The third kappa shape index (κ3) is 2.32. The number of hydrazine groups is 1. The summed E-state index contributed by atoms with van der Waals surface area (Å²) in [6.07, 6.45) is 3.57. The molecular formula is C11H17N7O. The average Bonchev–Trinajstić information content (AvgIpc) is 2.87. The number of anilines is 2. The summed E-state index contributed by atoms with van der Waals surface area (Å²) in [5, 5.41) is 11.1. The van der Waals surface area contributed by atoms with Gasteiger partial charge in [-0.25, -0.2) is 5.84 Å². The number of rotatable bonds is 3. The van der Waals surface area contributed by atoms with E-state index in [4.69, 9.17) is 10.6 Å². The average molecular weight is 263 g/mol. The molecule has 1 aliphatic rings. The lowest BCUT2D eigenvalue weighted by Crippen LogP contribution is -2.41. The number of H-pyrrole nitrogens is 1. The van der Waals surface area contributed by atoms with Crippen molar-refractivity contribution in [2.45, 2.75) is 25.3 Å². The largest absolute Gasteiger partial charge is 0.381 e. The molecule has 0 atom stereocenters. The summed E-state index contributed by atoms with van der Waals surface area (Å²) in [7, 11) is 0. The van der Waals surface area contributed by atoms with Crippen LogP contribution in [0.4, 0.5) is 11.8 Å². The first-order chi connectivity index (χ1) is 9.20. The summed E-state index contributed by atoms with van der Waals surface area (Å²) in [5.41, 5.74) is 3.08. The Hall–Kier alpha value is -1.93. The molecule has 0 aliphatic carbocycles. The maximum Gasteiger partial charge on any atom is 0.241 e. The normalized spacial score (nSPS) is 18.4. The van der Waals surface area contributed by atoms with Crippen LogP contribution < -0.4 is 16.6 Å². The van der Waals surface area contributed by atoms with Crippen molar-refractivity contribution < 1.29 is 4.74 Å². The van der Waals surface area contributed by atoms with Crippen molar-refractivity contribution in [1.82, 2.24) is 20.2 Å². The second-order valence-electron chi connectivity index (χ2n) is 4.97. The summed E-state index contributed by atoms with van der Waals surface area (Å²) >= 11 is 0. The van der Waals surface area contributed by atoms with E-state index in [0.717, 1.165) is 37.3 Å². The van der Waals surface area contributed by atoms with E-state index >= 15 is 0 Å². The summed E-state index contributed by atoms with van der Waals surface area (Å²) in [6, 6.07) is 0. The number of aromatic nitrogens is 4. The number of nitrogens with two attached hydrogens (primary N) is 1. The molecule has 0 spiro atoms. The molecule has 102 valence electrons. The van der Waals surface area contributed by atoms with Gasteiger partial charge in [0, 0.05) is 18.8 Å². The Morgan fingerprint density at radius 1 is 1.37 bits per heavy atom. The Balaban J connectivity index is 1.96. The van der Waals surface area contributed by atoms with E-state index in [9.17, 15) is 0 Å². The molecule has 1 aliphatic heterocycles. The molecule has 0 radical (unpaired) electrons. The van der Waals surface area contributed by atoms with Crippen molar-refractivity contribution in [2.24, 2.45) is 5.84 Å². The predicted molar refractivity (Wildman–Crippen MR) is 71.6 cm³/mol. The standard InChI is InChI=1S/C11H17N7O/c1-11(2-4-19-5-3-11)16-8-7-6-13-18-9(7)15-10(14-8)17-12/h6H,2-5,12H2,1H3,(H3,13,14,15,16,17,18). The van der Waals surface area contributed by atoms with Gasteiger partial charge in [-0.05, 0) is 19.8 Å². The first-order valence-electron chi connectivity index (χ1n) is 6.24. The van der Waals surface area contributed by atoms with Crippen molar-refractivity contribution in [3.05, 3.63) is 6.20 Å². The van der Waals surface area contributed by atoms with Crippen LogP contribution in [0.25, 0.3) is 11.0 Å². The zero-order chi connectivity index (χ0) is 13.3. The van der Waals surface area contributed by atoms with Crippen LogP contribution in [0, 0.1) is 0 Å². The van der Waals surface area contributed by atoms with E-state index < -0.39 is 0 Å². The second-order valence-corrected chi connectivity index (χ2v) is 4.97. The quantitative estimate of drug-likeness (QED) is 0.474. The van der Waals surface area contributed by atoms with Crippen molar-refractivity contribution in [3.8, 4) is 0 Å². The molecule has 0 amide bonds. The van der Waals surface area contributed by atoms with Crippen molar-refractivity contribution in [3.63, 3.8) is 0 Å². The highest BCUT2D eigenvalue weighted by atomic mass is 16.5. The summed E-state index contributed by atoms with van der Waals surface area (Å²) < 4.78 is 5.40. The molecule has 8 nitrogen and oxygen atoms in total. The Bertz CT molecular complexity index is 575. The molecule has 2 aromatic heterocycles. The Labute approximate surface area is 110 Å². The molecule has 0 saturated carbocycles. The number of ether oxygens (including phenoxy) is 1. The number of hydrogen-bond acceptors (Lipinski definition) is 7. The van der Waals surface area contributed by atoms with Gasteiger partial charge in [-0.3, -0.25) is 10.5 Å². The van der Waals surface area contributed by atoms with Gasteiger partial charge in [-0.15, -0.1) is 0 Å². The third-order valence-electron chi connectivity index (χ3n) is 3.46. The SMILES string of the molecule is CC1(Nc2nc(NN)nc3[nH]ncc23)CCOCC1. The van der Waals surface area contributed by atoms with Crippen LogP contribution in [0.3, 0.4) is 0 Å². The molecule has 19 heavy (non-hydrogen) atoms. The zero-order valence-electron chi connectivity index (χ0n) is 10.7. The summed E-state index contributed by atoms with van der Waals surface area (Å²) in [4.78, 5) is 8.57. The molecule has 3 heterocycles. The lowest BCUT2D eigenvalue weighted by molar-refractivity contribution is 0.0657. The van der Waals surface area contributed by atoms with Crippen LogP contribution in [0.15, 0.2) is 6.20 Å². The highest BCUT2D eigenvalue weighted by molar-refractivity contribution is 5.87. The topological polar surface area (TPSA) is 114 Å². The first-order valence-corrected chi connectivity index (χ1v) is 6.24. The van der Waals surface area contributed by atoms with E-state index in [1.54, 1.807) is 6.20 Å². The third-order valence-corrected chi connectivity index (χ3v) is 3.46. The van der Waals surface area contributed by atoms with Gasteiger partial charge in [0.15, 0.2) is 5.65 Å². The second kappa shape index (κ2) is 4.63. The number of nitrogen functional groups attached to an aromatic ring is 1. The van der Waals surface area contributed by atoms with Crippen molar-refractivity contribution in [2.75, 3.05) is 24.0 Å². The van der Waals surface area contributed by atoms with Crippen molar-refractivity contribution >= 4 is 22.8 Å². The monoisotopic (exact) mass is 263 g/mol. The van der Waals surface area contributed by atoms with Gasteiger partial charge in [0.25, 0.3) is 0 Å². The molecular weight excluding hydrogens is 246 g/mol. The fourth-order valence-electron chi connectivity index (χ4n) is 2.23. The molecule has 0 unspecified atom stereocenters. The van der Waals surface area contributed by atoms with Crippen LogP contribution in [-0.2, 0) is 4.74 Å². The molecule has 0 aromatic carbocycles. The van der Waals surface area contributed by atoms with Crippen LogP contribution in [0.2, 0.25) is 0 Å². The Morgan fingerprint density at radius 3 is 2.89 bits per heavy atom. The van der Waals surface area contributed by atoms with Crippen LogP contribution >= 0.6 is 0 Å². The number of fused-ring (bicyclic) bond motifs is 1. The lowest BCUT2D eigenvalue weighted by Gasteiger charge is -2.35. The minimum Gasteiger partial charge on any atom is -0.381 e. The van der Waals surface area contributed by atoms with Crippen LogP contribution in [0.1, 0.15) is 19.8 Å². The highest BCUT2D eigenvalue weighted by Gasteiger charge is 2.28. The van der Waals surface area contributed by atoms with Gasteiger partial charge < -0.3 is 10.1 Å². The lowest BCUT2D eigenvalue weighted by atomic mass is 9.92. The highest BCUT2D eigenvalue weighted by Crippen LogP contribution is 2.28. The minimum atomic E-state index is -0.0390. The molecule has 0 bridgehead atoms. The molecule has 1 fully saturated rings. The number of nitrogens with one attached hydrogen (secondary N) is 3. The maximum absolute atomic E-state index is 5.40. The Morgan fingerprint density at radius 2 is 2.16 bits per heavy atom.